The molecule has 0 aliphatic rings. The van der Waals surface area contributed by atoms with Crippen LogP contribution in [0.25, 0.3) is 0 Å². The topological polar surface area (TPSA) is 37.8 Å². The fourth-order valence-electron chi connectivity index (χ4n) is 1.97. The molecule has 0 aliphatic heterocycles. The highest BCUT2D eigenvalue weighted by Crippen LogP contribution is 2.26. The highest BCUT2D eigenvalue weighted by atomic mass is 14.9. The Hall–Kier alpha value is -1.90. The van der Waals surface area contributed by atoms with Crippen LogP contribution in [0.2, 0.25) is 0 Å². The third-order valence-electron chi connectivity index (χ3n) is 2.98. The first-order valence-corrected chi connectivity index (χ1v) is 6.30. The van der Waals surface area contributed by atoms with E-state index in [0.717, 1.165) is 5.69 Å². The van der Waals surface area contributed by atoms with E-state index in [9.17, 15) is 0 Å². The highest BCUT2D eigenvalue weighted by molar-refractivity contribution is 5.53. The van der Waals surface area contributed by atoms with E-state index < -0.39 is 0 Å². The number of aromatic nitrogens is 2. The van der Waals surface area contributed by atoms with Crippen LogP contribution >= 0.6 is 0 Å². The standard InChI is InChI=1S/C15H19N3/c1-11(2)13-6-4-5-7-14(13)18-12(3)15-10-16-8-9-17-15/h4-12,18H,1-3H3. The van der Waals surface area contributed by atoms with Gasteiger partial charge in [-0.3, -0.25) is 9.97 Å². The van der Waals surface area contributed by atoms with Gasteiger partial charge in [0.25, 0.3) is 0 Å². The molecule has 1 aromatic carbocycles. The van der Waals surface area contributed by atoms with Gasteiger partial charge in [-0.15, -0.1) is 0 Å². The number of nitrogens with zero attached hydrogens (tertiary/aromatic N) is 2. The second-order valence-electron chi connectivity index (χ2n) is 4.74. The van der Waals surface area contributed by atoms with Crippen LogP contribution in [0, 0.1) is 0 Å². The maximum absolute atomic E-state index is 4.32. The molecular formula is C15H19N3. The molecule has 0 fully saturated rings. The van der Waals surface area contributed by atoms with E-state index in [1.165, 1.54) is 11.3 Å². The van der Waals surface area contributed by atoms with E-state index in [1.807, 2.05) is 0 Å². The molecule has 2 rings (SSSR count). The number of benzene rings is 1. The molecule has 1 N–H and O–H groups in total. The SMILES string of the molecule is CC(C)c1ccccc1NC(C)c1cnccn1. The van der Waals surface area contributed by atoms with Crippen molar-refractivity contribution in [3.63, 3.8) is 0 Å². The van der Waals surface area contributed by atoms with Crippen LogP contribution in [-0.2, 0) is 0 Å². The molecule has 94 valence electrons. The van der Waals surface area contributed by atoms with Gasteiger partial charge in [0.05, 0.1) is 17.9 Å². The van der Waals surface area contributed by atoms with Gasteiger partial charge in [-0.2, -0.15) is 0 Å². The van der Waals surface area contributed by atoms with Crippen molar-refractivity contribution >= 4 is 5.69 Å². The lowest BCUT2D eigenvalue weighted by molar-refractivity contribution is 0.811. The molecule has 1 aromatic heterocycles. The molecule has 2 aromatic rings. The monoisotopic (exact) mass is 241 g/mol. The molecule has 0 bridgehead atoms. The Morgan fingerprint density at radius 2 is 1.83 bits per heavy atom. The number of para-hydroxylation sites is 1. The third kappa shape index (κ3) is 2.86. The summed E-state index contributed by atoms with van der Waals surface area (Å²) in [4.78, 5) is 8.43. The summed E-state index contributed by atoms with van der Waals surface area (Å²) in [5.74, 6) is 0.503. The Labute approximate surface area is 108 Å². The van der Waals surface area contributed by atoms with Crippen molar-refractivity contribution < 1.29 is 0 Å². The molecule has 1 unspecified atom stereocenters. The summed E-state index contributed by atoms with van der Waals surface area (Å²) in [5.41, 5.74) is 3.45. The fourth-order valence-corrected chi connectivity index (χ4v) is 1.97. The van der Waals surface area contributed by atoms with Gasteiger partial charge in [-0.25, -0.2) is 0 Å². The van der Waals surface area contributed by atoms with Crippen molar-refractivity contribution in [1.82, 2.24) is 9.97 Å². The minimum absolute atomic E-state index is 0.151. The molecule has 3 heteroatoms. The molecule has 0 saturated heterocycles. The lowest BCUT2D eigenvalue weighted by Gasteiger charge is -2.19. The number of hydrogen-bond donors (Lipinski definition) is 1. The van der Waals surface area contributed by atoms with Crippen molar-refractivity contribution in [3.8, 4) is 0 Å². The first-order chi connectivity index (χ1) is 8.68. The van der Waals surface area contributed by atoms with Crippen LogP contribution in [0.4, 0.5) is 5.69 Å². The molecule has 0 spiro atoms. The summed E-state index contributed by atoms with van der Waals surface area (Å²) in [6.45, 7) is 6.50. The molecule has 0 amide bonds. The molecule has 1 heterocycles. The summed E-state index contributed by atoms with van der Waals surface area (Å²) in [5, 5.41) is 3.51. The zero-order valence-corrected chi connectivity index (χ0v) is 11.1. The van der Waals surface area contributed by atoms with Gasteiger partial charge in [-0.05, 0) is 24.5 Å². The summed E-state index contributed by atoms with van der Waals surface area (Å²) >= 11 is 0. The Balaban J connectivity index is 2.19. The largest absolute Gasteiger partial charge is 0.377 e. The van der Waals surface area contributed by atoms with Crippen LogP contribution in [0.3, 0.4) is 0 Å². The predicted octanol–water partition coefficient (Wildman–Crippen LogP) is 3.77. The van der Waals surface area contributed by atoms with E-state index in [-0.39, 0.29) is 6.04 Å². The van der Waals surface area contributed by atoms with Crippen molar-refractivity contribution in [2.75, 3.05) is 5.32 Å². The Kier molecular flexibility index (Phi) is 3.92. The normalized spacial score (nSPS) is 12.4. The number of anilines is 1. The van der Waals surface area contributed by atoms with Gasteiger partial charge in [0.15, 0.2) is 0 Å². The molecule has 0 saturated carbocycles. The lowest BCUT2D eigenvalue weighted by Crippen LogP contribution is -2.10. The van der Waals surface area contributed by atoms with Crippen LogP contribution in [0.5, 0.6) is 0 Å². The smallest absolute Gasteiger partial charge is 0.0806 e. The quantitative estimate of drug-likeness (QED) is 0.885. The van der Waals surface area contributed by atoms with E-state index in [1.54, 1.807) is 18.6 Å². The van der Waals surface area contributed by atoms with Crippen molar-refractivity contribution in [1.29, 1.82) is 0 Å². The highest BCUT2D eigenvalue weighted by Gasteiger charge is 2.10. The van der Waals surface area contributed by atoms with Gasteiger partial charge in [0.1, 0.15) is 0 Å². The second kappa shape index (κ2) is 5.63. The average molecular weight is 241 g/mol. The summed E-state index contributed by atoms with van der Waals surface area (Å²) in [6.07, 6.45) is 5.22. The average Bonchev–Trinajstić information content (AvgIpc) is 2.40. The minimum atomic E-state index is 0.151. The van der Waals surface area contributed by atoms with Gasteiger partial charge in [0, 0.05) is 18.1 Å². The van der Waals surface area contributed by atoms with Crippen LogP contribution in [0.1, 0.15) is 44.0 Å². The zero-order valence-electron chi connectivity index (χ0n) is 11.1. The minimum Gasteiger partial charge on any atom is -0.377 e. The van der Waals surface area contributed by atoms with Gasteiger partial charge in [-0.1, -0.05) is 32.0 Å². The maximum atomic E-state index is 4.32. The van der Waals surface area contributed by atoms with Crippen molar-refractivity contribution in [2.45, 2.75) is 32.7 Å². The zero-order chi connectivity index (χ0) is 13.0. The Morgan fingerprint density at radius 3 is 2.50 bits per heavy atom. The lowest BCUT2D eigenvalue weighted by atomic mass is 10.0. The molecule has 0 radical (unpaired) electrons. The van der Waals surface area contributed by atoms with Crippen LogP contribution in [0.15, 0.2) is 42.9 Å². The molecule has 1 atom stereocenters. The van der Waals surface area contributed by atoms with Crippen LogP contribution < -0.4 is 5.32 Å². The number of rotatable bonds is 4. The van der Waals surface area contributed by atoms with E-state index in [4.69, 9.17) is 0 Å². The van der Waals surface area contributed by atoms with E-state index >= 15 is 0 Å². The number of nitrogens with one attached hydrogen (secondary N) is 1. The Morgan fingerprint density at radius 1 is 1.06 bits per heavy atom. The Bertz CT molecular complexity index is 494. The van der Waals surface area contributed by atoms with Crippen LogP contribution in [-0.4, -0.2) is 9.97 Å². The maximum Gasteiger partial charge on any atom is 0.0806 e. The summed E-state index contributed by atoms with van der Waals surface area (Å²) in [6, 6.07) is 8.56. The fraction of sp³-hybridized carbons (Fsp3) is 0.333. The second-order valence-corrected chi connectivity index (χ2v) is 4.74. The molecule has 18 heavy (non-hydrogen) atoms. The summed E-state index contributed by atoms with van der Waals surface area (Å²) < 4.78 is 0. The van der Waals surface area contributed by atoms with E-state index in [0.29, 0.717) is 5.92 Å². The van der Waals surface area contributed by atoms with Gasteiger partial charge >= 0.3 is 0 Å². The van der Waals surface area contributed by atoms with Crippen molar-refractivity contribution in [3.05, 3.63) is 54.1 Å². The van der Waals surface area contributed by atoms with Crippen molar-refractivity contribution in [2.24, 2.45) is 0 Å². The third-order valence-corrected chi connectivity index (χ3v) is 2.98. The number of hydrogen-bond acceptors (Lipinski definition) is 3. The molecule has 0 aliphatic carbocycles. The van der Waals surface area contributed by atoms with Gasteiger partial charge in [0.2, 0.25) is 0 Å². The van der Waals surface area contributed by atoms with E-state index in [2.05, 4.69) is 60.3 Å². The summed E-state index contributed by atoms with van der Waals surface area (Å²) in [7, 11) is 0. The first kappa shape index (κ1) is 12.6. The first-order valence-electron chi connectivity index (χ1n) is 6.30. The molecular weight excluding hydrogens is 222 g/mol. The predicted molar refractivity (Wildman–Crippen MR) is 74.6 cm³/mol. The molecule has 3 nitrogen and oxygen atoms in total. The van der Waals surface area contributed by atoms with Gasteiger partial charge < -0.3 is 5.32 Å².